The van der Waals surface area contributed by atoms with Crippen molar-refractivity contribution >= 4 is 0 Å². The summed E-state index contributed by atoms with van der Waals surface area (Å²) in [4.78, 5) is 3.97. The number of nitrogens with one attached hydrogen (secondary N) is 1. The molecule has 1 atom stereocenters. The van der Waals surface area contributed by atoms with Gasteiger partial charge in [-0.15, -0.1) is 10.2 Å². The molecule has 1 fully saturated rings. The quantitative estimate of drug-likeness (QED) is 0.849. The van der Waals surface area contributed by atoms with Crippen molar-refractivity contribution in [2.24, 2.45) is 0 Å². The molecule has 1 aliphatic heterocycles. The van der Waals surface area contributed by atoms with Crippen LogP contribution in [0.5, 0.6) is 0 Å². The molecule has 5 nitrogen and oxygen atoms in total. The average molecular weight is 230 g/mol. The summed E-state index contributed by atoms with van der Waals surface area (Å²) in [5.41, 5.74) is 0.919. The fourth-order valence-electron chi connectivity index (χ4n) is 2.07. The summed E-state index contributed by atoms with van der Waals surface area (Å²) in [6, 6.07) is 3.74. The molecule has 1 aliphatic rings. The monoisotopic (exact) mass is 230 g/mol. The molecule has 3 rings (SSSR count). The second-order valence-electron chi connectivity index (χ2n) is 4.22. The van der Waals surface area contributed by atoms with Gasteiger partial charge in [0.25, 0.3) is 0 Å². The SMILES string of the molecule is c1cc(-c2nnc(C3CCCNC3)o2)ccn1. The molecule has 0 saturated carbocycles. The molecule has 17 heavy (non-hydrogen) atoms. The van der Waals surface area contributed by atoms with E-state index >= 15 is 0 Å². The van der Waals surface area contributed by atoms with E-state index in [4.69, 9.17) is 4.42 Å². The maximum atomic E-state index is 5.72. The first-order valence-electron chi connectivity index (χ1n) is 5.88. The molecule has 3 heterocycles. The molecule has 0 bridgehead atoms. The third-order valence-corrected chi connectivity index (χ3v) is 3.01. The van der Waals surface area contributed by atoms with Crippen LogP contribution in [-0.4, -0.2) is 28.3 Å². The van der Waals surface area contributed by atoms with Gasteiger partial charge >= 0.3 is 0 Å². The molecule has 1 saturated heterocycles. The van der Waals surface area contributed by atoms with Crippen LogP contribution in [0.25, 0.3) is 11.5 Å². The minimum atomic E-state index is 0.354. The Balaban J connectivity index is 1.83. The van der Waals surface area contributed by atoms with Gasteiger partial charge in [0, 0.05) is 30.4 Å². The Hall–Kier alpha value is -1.75. The van der Waals surface area contributed by atoms with Gasteiger partial charge in [-0.1, -0.05) is 0 Å². The predicted octanol–water partition coefficient (Wildman–Crippen LogP) is 1.60. The van der Waals surface area contributed by atoms with Crippen LogP contribution in [0.1, 0.15) is 24.7 Å². The van der Waals surface area contributed by atoms with E-state index in [2.05, 4.69) is 20.5 Å². The predicted molar refractivity (Wildman–Crippen MR) is 62.4 cm³/mol. The van der Waals surface area contributed by atoms with Crippen LogP contribution in [0.2, 0.25) is 0 Å². The molecule has 0 aliphatic carbocycles. The zero-order valence-corrected chi connectivity index (χ0v) is 9.47. The van der Waals surface area contributed by atoms with E-state index in [0.29, 0.717) is 11.8 Å². The van der Waals surface area contributed by atoms with Gasteiger partial charge < -0.3 is 9.73 Å². The molecule has 88 valence electrons. The number of pyridine rings is 1. The Labute approximate surface area is 99.3 Å². The Morgan fingerprint density at radius 1 is 1.24 bits per heavy atom. The van der Waals surface area contributed by atoms with Crippen LogP contribution in [0.15, 0.2) is 28.9 Å². The summed E-state index contributed by atoms with van der Waals surface area (Å²) in [6.07, 6.45) is 5.73. The van der Waals surface area contributed by atoms with Crippen molar-refractivity contribution in [1.29, 1.82) is 0 Å². The molecule has 5 heteroatoms. The normalized spacial score (nSPS) is 20.4. The van der Waals surface area contributed by atoms with E-state index in [0.717, 1.165) is 37.4 Å². The molecule has 1 N–H and O–H groups in total. The fourth-order valence-corrected chi connectivity index (χ4v) is 2.07. The van der Waals surface area contributed by atoms with E-state index in [9.17, 15) is 0 Å². The molecule has 0 amide bonds. The highest BCUT2D eigenvalue weighted by Gasteiger charge is 2.21. The summed E-state index contributed by atoms with van der Waals surface area (Å²) in [5, 5.41) is 11.6. The van der Waals surface area contributed by atoms with Gasteiger partial charge in [-0.2, -0.15) is 0 Å². The lowest BCUT2D eigenvalue weighted by molar-refractivity contribution is 0.380. The van der Waals surface area contributed by atoms with E-state index in [1.165, 1.54) is 0 Å². The van der Waals surface area contributed by atoms with Crippen LogP contribution in [-0.2, 0) is 0 Å². The van der Waals surface area contributed by atoms with Gasteiger partial charge in [-0.25, -0.2) is 0 Å². The number of aromatic nitrogens is 3. The largest absolute Gasteiger partial charge is 0.420 e. The molecular weight excluding hydrogens is 216 g/mol. The standard InChI is InChI=1S/C12H14N4O/c1-2-10(8-14-5-1)12-16-15-11(17-12)9-3-6-13-7-4-9/h3-4,6-7,10,14H,1-2,5,8H2. The summed E-state index contributed by atoms with van der Waals surface area (Å²) in [5.74, 6) is 1.67. The third-order valence-electron chi connectivity index (χ3n) is 3.01. The highest BCUT2D eigenvalue weighted by atomic mass is 16.4. The lowest BCUT2D eigenvalue weighted by Crippen LogP contribution is -2.28. The van der Waals surface area contributed by atoms with Crippen molar-refractivity contribution in [1.82, 2.24) is 20.5 Å². The van der Waals surface area contributed by atoms with Crippen molar-refractivity contribution < 1.29 is 4.42 Å². The van der Waals surface area contributed by atoms with E-state index < -0.39 is 0 Å². The summed E-state index contributed by atoms with van der Waals surface area (Å²) < 4.78 is 5.72. The minimum Gasteiger partial charge on any atom is -0.420 e. The highest BCUT2D eigenvalue weighted by molar-refractivity contribution is 5.50. The third kappa shape index (κ3) is 2.19. The summed E-state index contributed by atoms with van der Waals surface area (Å²) >= 11 is 0. The van der Waals surface area contributed by atoms with Crippen molar-refractivity contribution in [3.63, 3.8) is 0 Å². The summed E-state index contributed by atoms with van der Waals surface area (Å²) in [7, 11) is 0. The van der Waals surface area contributed by atoms with Crippen molar-refractivity contribution in [3.05, 3.63) is 30.4 Å². The van der Waals surface area contributed by atoms with Gasteiger partial charge in [-0.3, -0.25) is 4.98 Å². The smallest absolute Gasteiger partial charge is 0.247 e. The van der Waals surface area contributed by atoms with Gasteiger partial charge in [0.2, 0.25) is 11.8 Å². The minimum absolute atomic E-state index is 0.354. The molecule has 0 aromatic carbocycles. The second-order valence-corrected chi connectivity index (χ2v) is 4.22. The van der Waals surface area contributed by atoms with Crippen LogP contribution in [0.4, 0.5) is 0 Å². The highest BCUT2D eigenvalue weighted by Crippen LogP contribution is 2.25. The van der Waals surface area contributed by atoms with Gasteiger partial charge in [-0.05, 0) is 31.5 Å². The maximum Gasteiger partial charge on any atom is 0.247 e. The Kier molecular flexibility index (Phi) is 2.83. The Bertz CT molecular complexity index is 476. The first-order chi connectivity index (χ1) is 8.43. The van der Waals surface area contributed by atoms with Crippen LogP contribution in [0.3, 0.4) is 0 Å². The number of hydrogen-bond donors (Lipinski definition) is 1. The lowest BCUT2D eigenvalue weighted by atomic mass is 10.00. The van der Waals surface area contributed by atoms with E-state index in [1.807, 2.05) is 12.1 Å². The first kappa shape index (κ1) is 10.4. The van der Waals surface area contributed by atoms with Crippen LogP contribution < -0.4 is 5.32 Å². The van der Waals surface area contributed by atoms with Crippen molar-refractivity contribution in [2.75, 3.05) is 13.1 Å². The number of hydrogen-bond acceptors (Lipinski definition) is 5. The lowest BCUT2D eigenvalue weighted by Gasteiger charge is -2.18. The van der Waals surface area contributed by atoms with Crippen LogP contribution in [0, 0.1) is 0 Å². The van der Waals surface area contributed by atoms with Gasteiger partial charge in [0.15, 0.2) is 0 Å². The van der Waals surface area contributed by atoms with E-state index in [-0.39, 0.29) is 0 Å². The van der Waals surface area contributed by atoms with Gasteiger partial charge in [0.1, 0.15) is 0 Å². The number of piperidine rings is 1. The molecule has 0 spiro atoms. The molecule has 0 radical (unpaired) electrons. The first-order valence-corrected chi connectivity index (χ1v) is 5.88. The van der Waals surface area contributed by atoms with Crippen LogP contribution >= 0.6 is 0 Å². The fraction of sp³-hybridized carbons (Fsp3) is 0.417. The molecule has 2 aromatic rings. The van der Waals surface area contributed by atoms with Crippen molar-refractivity contribution in [3.8, 4) is 11.5 Å². The Morgan fingerprint density at radius 3 is 2.88 bits per heavy atom. The number of nitrogens with zero attached hydrogens (tertiary/aromatic N) is 3. The average Bonchev–Trinajstić information content (AvgIpc) is 2.90. The zero-order chi connectivity index (χ0) is 11.5. The maximum absolute atomic E-state index is 5.72. The second kappa shape index (κ2) is 4.63. The summed E-state index contributed by atoms with van der Waals surface area (Å²) in [6.45, 7) is 2.01. The number of rotatable bonds is 2. The molecule has 1 unspecified atom stereocenters. The van der Waals surface area contributed by atoms with Gasteiger partial charge in [0.05, 0.1) is 0 Å². The molecular formula is C12H14N4O. The topological polar surface area (TPSA) is 63.8 Å². The van der Waals surface area contributed by atoms with E-state index in [1.54, 1.807) is 12.4 Å². The zero-order valence-electron chi connectivity index (χ0n) is 9.47. The molecule has 2 aromatic heterocycles. The van der Waals surface area contributed by atoms with Crippen molar-refractivity contribution in [2.45, 2.75) is 18.8 Å². The Morgan fingerprint density at radius 2 is 2.12 bits per heavy atom.